The molecule has 1 heterocycles. The van der Waals surface area contributed by atoms with Gasteiger partial charge in [0.1, 0.15) is 11.5 Å². The summed E-state index contributed by atoms with van der Waals surface area (Å²) in [4.78, 5) is 8.54. The summed E-state index contributed by atoms with van der Waals surface area (Å²) in [6.45, 7) is 0.332. The summed E-state index contributed by atoms with van der Waals surface area (Å²) in [5.74, 6) is 1.42. The van der Waals surface area contributed by atoms with Gasteiger partial charge in [-0.1, -0.05) is 0 Å². The highest BCUT2D eigenvalue weighted by atomic mass is 16.5. The first kappa shape index (κ1) is 12.3. The largest absolute Gasteiger partial charge is 0.497 e. The van der Waals surface area contributed by atoms with Crippen LogP contribution in [0.1, 0.15) is 5.69 Å². The van der Waals surface area contributed by atoms with Crippen LogP contribution in [0, 0.1) is 0 Å². The number of hydrogen-bond donors (Lipinski definition) is 1. The second-order valence-corrected chi connectivity index (χ2v) is 3.62. The van der Waals surface area contributed by atoms with Gasteiger partial charge in [0.25, 0.3) is 0 Å². The Morgan fingerprint density at radius 1 is 1.11 bits per heavy atom. The molecule has 18 heavy (non-hydrogen) atoms. The number of nitrogens with zero attached hydrogens (tertiary/aromatic N) is 2. The van der Waals surface area contributed by atoms with Crippen molar-refractivity contribution in [2.45, 2.75) is 6.54 Å². The average molecular weight is 245 g/mol. The Morgan fingerprint density at radius 2 is 1.89 bits per heavy atom. The van der Waals surface area contributed by atoms with E-state index in [0.29, 0.717) is 12.3 Å². The second-order valence-electron chi connectivity index (χ2n) is 3.62. The molecular formula is C13H15N3O2. The summed E-state index contributed by atoms with van der Waals surface area (Å²) in [6, 6.07) is 5.55. The van der Waals surface area contributed by atoms with E-state index in [1.54, 1.807) is 26.6 Å². The fourth-order valence-electron chi connectivity index (χ4n) is 1.74. The topological polar surface area (TPSA) is 70.3 Å². The lowest BCUT2D eigenvalue weighted by Gasteiger charge is -2.11. The molecule has 1 aromatic heterocycles. The highest BCUT2D eigenvalue weighted by Crippen LogP contribution is 2.33. The first-order chi connectivity index (χ1) is 8.80. The van der Waals surface area contributed by atoms with E-state index in [0.717, 1.165) is 22.7 Å². The van der Waals surface area contributed by atoms with Crippen LogP contribution in [0.25, 0.3) is 11.3 Å². The minimum Gasteiger partial charge on any atom is -0.497 e. The normalized spacial score (nSPS) is 10.2. The van der Waals surface area contributed by atoms with E-state index in [1.165, 1.54) is 0 Å². The van der Waals surface area contributed by atoms with Gasteiger partial charge in [0.05, 0.1) is 25.6 Å². The zero-order valence-corrected chi connectivity index (χ0v) is 10.4. The van der Waals surface area contributed by atoms with Crippen molar-refractivity contribution in [1.82, 2.24) is 9.97 Å². The number of ether oxygens (including phenoxy) is 2. The van der Waals surface area contributed by atoms with Crippen molar-refractivity contribution in [2.24, 2.45) is 5.73 Å². The lowest BCUT2D eigenvalue weighted by atomic mass is 10.1. The number of aromatic nitrogens is 2. The van der Waals surface area contributed by atoms with Gasteiger partial charge in [-0.2, -0.15) is 0 Å². The Balaban J connectivity index is 2.56. The third-order valence-corrected chi connectivity index (χ3v) is 2.63. The second kappa shape index (κ2) is 5.46. The Morgan fingerprint density at radius 3 is 2.56 bits per heavy atom. The first-order valence-corrected chi connectivity index (χ1v) is 5.52. The third-order valence-electron chi connectivity index (χ3n) is 2.63. The molecule has 0 atom stereocenters. The molecule has 0 bridgehead atoms. The SMILES string of the molecule is COc1ccc(-c2nccnc2CN)c(OC)c1. The van der Waals surface area contributed by atoms with Crippen LogP contribution in [0.3, 0.4) is 0 Å². The van der Waals surface area contributed by atoms with Crippen LogP contribution in [-0.4, -0.2) is 24.2 Å². The van der Waals surface area contributed by atoms with Gasteiger partial charge in [-0.15, -0.1) is 0 Å². The molecule has 0 spiro atoms. The van der Waals surface area contributed by atoms with Gasteiger partial charge in [-0.25, -0.2) is 0 Å². The molecule has 0 aliphatic rings. The van der Waals surface area contributed by atoms with Gasteiger partial charge in [0.2, 0.25) is 0 Å². The molecule has 0 radical (unpaired) electrons. The maximum Gasteiger partial charge on any atom is 0.132 e. The predicted molar refractivity (Wildman–Crippen MR) is 68.5 cm³/mol. The van der Waals surface area contributed by atoms with E-state index in [-0.39, 0.29) is 0 Å². The molecule has 0 saturated carbocycles. The highest BCUT2D eigenvalue weighted by molar-refractivity contribution is 5.70. The number of methoxy groups -OCH3 is 2. The minimum atomic E-state index is 0.332. The molecule has 0 amide bonds. The maximum absolute atomic E-state index is 5.67. The standard InChI is InChI=1S/C13H15N3O2/c1-17-9-3-4-10(12(7-9)18-2)13-11(8-14)15-5-6-16-13/h3-7H,8,14H2,1-2H3. The zero-order chi connectivity index (χ0) is 13.0. The summed E-state index contributed by atoms with van der Waals surface area (Å²) in [5, 5.41) is 0. The van der Waals surface area contributed by atoms with E-state index in [9.17, 15) is 0 Å². The summed E-state index contributed by atoms with van der Waals surface area (Å²) >= 11 is 0. The Labute approximate surface area is 106 Å². The fourth-order valence-corrected chi connectivity index (χ4v) is 1.74. The fraction of sp³-hybridized carbons (Fsp3) is 0.231. The summed E-state index contributed by atoms with van der Waals surface area (Å²) < 4.78 is 10.5. The minimum absolute atomic E-state index is 0.332. The van der Waals surface area contributed by atoms with Gasteiger partial charge in [0.15, 0.2) is 0 Å². The molecule has 0 aliphatic carbocycles. The first-order valence-electron chi connectivity index (χ1n) is 5.52. The van der Waals surface area contributed by atoms with Crippen LogP contribution in [0.15, 0.2) is 30.6 Å². The van der Waals surface area contributed by atoms with Crippen molar-refractivity contribution in [2.75, 3.05) is 14.2 Å². The predicted octanol–water partition coefficient (Wildman–Crippen LogP) is 1.62. The van der Waals surface area contributed by atoms with Gasteiger partial charge in [0, 0.05) is 30.6 Å². The Hall–Kier alpha value is -2.14. The van der Waals surface area contributed by atoms with Crippen molar-refractivity contribution in [1.29, 1.82) is 0 Å². The molecular weight excluding hydrogens is 230 g/mol. The number of benzene rings is 1. The van der Waals surface area contributed by atoms with E-state index in [1.807, 2.05) is 18.2 Å². The molecule has 0 saturated heterocycles. The molecule has 2 rings (SSSR count). The zero-order valence-electron chi connectivity index (χ0n) is 10.4. The van der Waals surface area contributed by atoms with Gasteiger partial charge in [-0.05, 0) is 12.1 Å². The monoisotopic (exact) mass is 245 g/mol. The van der Waals surface area contributed by atoms with Crippen molar-refractivity contribution in [3.8, 4) is 22.8 Å². The van der Waals surface area contributed by atoms with Crippen LogP contribution < -0.4 is 15.2 Å². The van der Waals surface area contributed by atoms with Crippen LogP contribution in [0.2, 0.25) is 0 Å². The molecule has 1 aromatic carbocycles. The Kier molecular flexibility index (Phi) is 3.74. The molecule has 5 heteroatoms. The van der Waals surface area contributed by atoms with Crippen LogP contribution in [0.4, 0.5) is 0 Å². The van der Waals surface area contributed by atoms with Gasteiger partial charge < -0.3 is 15.2 Å². The van der Waals surface area contributed by atoms with Gasteiger partial charge >= 0.3 is 0 Å². The average Bonchev–Trinajstić information content (AvgIpc) is 2.46. The Bertz CT molecular complexity index is 544. The summed E-state index contributed by atoms with van der Waals surface area (Å²) in [5.41, 5.74) is 7.99. The number of rotatable bonds is 4. The highest BCUT2D eigenvalue weighted by Gasteiger charge is 2.12. The molecule has 2 aromatic rings. The lowest BCUT2D eigenvalue weighted by molar-refractivity contribution is 0.395. The van der Waals surface area contributed by atoms with Crippen molar-refractivity contribution >= 4 is 0 Å². The molecule has 5 nitrogen and oxygen atoms in total. The smallest absolute Gasteiger partial charge is 0.132 e. The van der Waals surface area contributed by atoms with Crippen molar-refractivity contribution in [3.05, 3.63) is 36.3 Å². The number of hydrogen-bond acceptors (Lipinski definition) is 5. The molecule has 0 aliphatic heterocycles. The van der Waals surface area contributed by atoms with E-state index in [4.69, 9.17) is 15.2 Å². The summed E-state index contributed by atoms with van der Waals surface area (Å²) in [6.07, 6.45) is 3.26. The molecule has 0 fully saturated rings. The van der Waals surface area contributed by atoms with Crippen molar-refractivity contribution < 1.29 is 9.47 Å². The third kappa shape index (κ3) is 2.26. The van der Waals surface area contributed by atoms with Crippen LogP contribution >= 0.6 is 0 Å². The lowest BCUT2D eigenvalue weighted by Crippen LogP contribution is -2.04. The van der Waals surface area contributed by atoms with E-state index >= 15 is 0 Å². The molecule has 2 N–H and O–H groups in total. The summed E-state index contributed by atoms with van der Waals surface area (Å²) in [7, 11) is 3.22. The molecule has 94 valence electrons. The van der Waals surface area contributed by atoms with E-state index < -0.39 is 0 Å². The van der Waals surface area contributed by atoms with Crippen molar-refractivity contribution in [3.63, 3.8) is 0 Å². The quantitative estimate of drug-likeness (QED) is 0.886. The maximum atomic E-state index is 5.67. The van der Waals surface area contributed by atoms with Crippen LogP contribution in [0.5, 0.6) is 11.5 Å². The van der Waals surface area contributed by atoms with Gasteiger partial charge in [-0.3, -0.25) is 9.97 Å². The van der Waals surface area contributed by atoms with Crippen LogP contribution in [-0.2, 0) is 6.54 Å². The number of nitrogens with two attached hydrogens (primary N) is 1. The molecule has 0 unspecified atom stereocenters. The van der Waals surface area contributed by atoms with E-state index in [2.05, 4.69) is 9.97 Å².